The van der Waals surface area contributed by atoms with Crippen molar-refractivity contribution in [1.82, 2.24) is 0 Å². The number of hydrogen-bond acceptors (Lipinski definition) is 12. The van der Waals surface area contributed by atoms with Crippen LogP contribution in [0.15, 0.2) is 21.7 Å². The Morgan fingerprint density at radius 1 is 0.783 bits per heavy atom. The average Bonchev–Trinajstić information content (AvgIpc) is 3.11. The molecule has 0 unspecified atom stereocenters. The first-order chi connectivity index (χ1) is 21.7. The topological polar surface area (TPSA) is 164 Å². The van der Waals surface area contributed by atoms with Crippen LogP contribution >= 0.6 is 0 Å². The van der Waals surface area contributed by atoms with Gasteiger partial charge >= 0.3 is 11.9 Å². The lowest BCUT2D eigenvalue weighted by Crippen LogP contribution is -2.30. The predicted molar refractivity (Wildman–Crippen MR) is 168 cm³/mol. The van der Waals surface area contributed by atoms with E-state index in [1.807, 2.05) is 0 Å². The number of ether oxygens (including phenoxy) is 6. The summed E-state index contributed by atoms with van der Waals surface area (Å²) in [6.45, 7) is 7.26. The first-order valence-corrected chi connectivity index (χ1v) is 14.5. The summed E-state index contributed by atoms with van der Waals surface area (Å²) < 4.78 is 34.4. The van der Waals surface area contributed by atoms with E-state index < -0.39 is 46.0 Å². The van der Waals surface area contributed by atoms with Gasteiger partial charge in [-0.2, -0.15) is 0 Å². The minimum atomic E-state index is -1.15. The van der Waals surface area contributed by atoms with Crippen LogP contribution in [0.5, 0.6) is 34.5 Å². The summed E-state index contributed by atoms with van der Waals surface area (Å²) in [6, 6.07) is 2.47. The van der Waals surface area contributed by atoms with Crippen molar-refractivity contribution in [1.29, 1.82) is 0 Å². The molecule has 1 aliphatic rings. The first kappa shape index (κ1) is 30.8. The standard InChI is InChI=1S/C34H32O12/c1-13(45-14(2)35)8-16-22-23-17(11-34(4,5)46-15(3)36)33(42-7)31(40)25-19(38)10-21-27(29(23)25)26-20(43-12-44-21)9-18(37)24(28(22)26)30(39)32(16)41-6/h9-10,13,39-40H,8,11-12H2,1-7H3/t13-/m1/s1. The van der Waals surface area contributed by atoms with E-state index in [0.29, 0.717) is 32.7 Å². The Hall–Kier alpha value is -5.26. The molecule has 0 aliphatic carbocycles. The number of carbonyl (C=O) groups is 2. The third-order valence-electron chi connectivity index (χ3n) is 8.28. The van der Waals surface area contributed by atoms with Gasteiger partial charge in [-0.1, -0.05) is 0 Å². The second-order valence-corrected chi connectivity index (χ2v) is 12.0. The highest BCUT2D eigenvalue weighted by molar-refractivity contribution is 6.38. The number of esters is 2. The zero-order valence-electron chi connectivity index (χ0n) is 26.3. The molecule has 0 spiro atoms. The summed E-state index contributed by atoms with van der Waals surface area (Å²) in [7, 11) is 2.67. The molecule has 0 aromatic heterocycles. The molecule has 0 radical (unpaired) electrons. The maximum absolute atomic E-state index is 13.8. The molecular weight excluding hydrogens is 600 g/mol. The minimum Gasteiger partial charge on any atom is -0.504 e. The SMILES string of the molecule is COc1c(O)c2c(=O)cc3c4c5c(cc(=O)c6c(O)c(OC)c(CC(C)(C)OC(C)=O)c(c(c1C[C@@H](C)OC(C)=O)c24)c65)OCO3. The van der Waals surface area contributed by atoms with Gasteiger partial charge in [0, 0.05) is 71.5 Å². The van der Waals surface area contributed by atoms with E-state index in [1.54, 1.807) is 20.8 Å². The van der Waals surface area contributed by atoms with Crippen LogP contribution in [0.25, 0.3) is 43.1 Å². The third-order valence-corrected chi connectivity index (χ3v) is 8.28. The van der Waals surface area contributed by atoms with Crippen LogP contribution in [0.1, 0.15) is 45.7 Å². The summed E-state index contributed by atoms with van der Waals surface area (Å²) >= 11 is 0. The summed E-state index contributed by atoms with van der Waals surface area (Å²) in [6.07, 6.45) is -0.744. The van der Waals surface area contributed by atoms with Crippen molar-refractivity contribution >= 4 is 55.0 Å². The molecule has 5 aromatic rings. The molecule has 6 rings (SSSR count). The quantitative estimate of drug-likeness (QED) is 0.141. The molecule has 2 N–H and O–H groups in total. The van der Waals surface area contributed by atoms with Crippen LogP contribution in [0.4, 0.5) is 0 Å². The Balaban J connectivity index is 2.00. The Morgan fingerprint density at radius 3 is 1.72 bits per heavy atom. The lowest BCUT2D eigenvalue weighted by molar-refractivity contribution is -0.153. The maximum Gasteiger partial charge on any atom is 0.303 e. The van der Waals surface area contributed by atoms with Crippen molar-refractivity contribution in [3.8, 4) is 34.5 Å². The average molecular weight is 633 g/mol. The van der Waals surface area contributed by atoms with Gasteiger partial charge in [0.1, 0.15) is 23.2 Å². The molecule has 0 saturated carbocycles. The van der Waals surface area contributed by atoms with Crippen molar-refractivity contribution in [3.05, 3.63) is 43.7 Å². The van der Waals surface area contributed by atoms with Gasteiger partial charge in [-0.25, -0.2) is 0 Å². The Kier molecular flexibility index (Phi) is 7.14. The molecule has 1 heterocycles. The van der Waals surface area contributed by atoms with Crippen molar-refractivity contribution in [2.45, 2.75) is 59.2 Å². The summed E-state index contributed by atoms with van der Waals surface area (Å²) in [5.74, 6) is -1.75. The predicted octanol–water partition coefficient (Wildman–Crippen LogP) is 4.43. The maximum atomic E-state index is 13.8. The molecular formula is C34H32O12. The van der Waals surface area contributed by atoms with Gasteiger partial charge in [0.05, 0.1) is 25.0 Å². The largest absolute Gasteiger partial charge is 0.504 e. The molecule has 46 heavy (non-hydrogen) atoms. The number of phenolic OH excluding ortho intramolecular Hbond substituents is 2. The fourth-order valence-corrected chi connectivity index (χ4v) is 6.98. The van der Waals surface area contributed by atoms with Gasteiger partial charge in [0.2, 0.25) is 6.79 Å². The molecule has 1 aliphatic heterocycles. The van der Waals surface area contributed by atoms with Crippen molar-refractivity contribution < 1.29 is 48.2 Å². The highest BCUT2D eigenvalue weighted by Gasteiger charge is 2.36. The highest BCUT2D eigenvalue weighted by atomic mass is 16.7. The summed E-state index contributed by atoms with van der Waals surface area (Å²) in [5, 5.41) is 25.2. The van der Waals surface area contributed by atoms with E-state index in [4.69, 9.17) is 28.4 Å². The lowest BCUT2D eigenvalue weighted by atomic mass is 9.81. The van der Waals surface area contributed by atoms with E-state index in [-0.39, 0.29) is 64.2 Å². The number of carbonyl (C=O) groups excluding carboxylic acids is 2. The van der Waals surface area contributed by atoms with Crippen LogP contribution in [0.2, 0.25) is 0 Å². The molecule has 5 aromatic carbocycles. The van der Waals surface area contributed by atoms with Gasteiger partial charge in [-0.15, -0.1) is 0 Å². The van der Waals surface area contributed by atoms with Crippen LogP contribution in [0.3, 0.4) is 0 Å². The van der Waals surface area contributed by atoms with E-state index in [9.17, 15) is 29.4 Å². The molecule has 240 valence electrons. The smallest absolute Gasteiger partial charge is 0.303 e. The molecule has 0 bridgehead atoms. The molecule has 0 fully saturated rings. The number of aromatic hydroxyl groups is 2. The normalized spacial score (nSPS) is 13.5. The van der Waals surface area contributed by atoms with Crippen LogP contribution in [-0.2, 0) is 31.9 Å². The van der Waals surface area contributed by atoms with Gasteiger partial charge in [-0.05, 0) is 31.5 Å². The van der Waals surface area contributed by atoms with Crippen LogP contribution in [0, 0.1) is 0 Å². The number of methoxy groups -OCH3 is 2. The first-order valence-electron chi connectivity index (χ1n) is 14.5. The number of fused-ring (bicyclic) bond motifs is 1. The van der Waals surface area contributed by atoms with Crippen LogP contribution < -0.4 is 29.8 Å². The zero-order chi connectivity index (χ0) is 33.4. The van der Waals surface area contributed by atoms with Gasteiger partial charge < -0.3 is 38.6 Å². The second-order valence-electron chi connectivity index (χ2n) is 12.0. The highest BCUT2D eigenvalue weighted by Crippen LogP contribution is 2.56. The summed E-state index contributed by atoms with van der Waals surface area (Å²) in [5.41, 5.74) is -1.60. The number of benzene rings is 5. The minimum absolute atomic E-state index is 0.00746. The number of phenols is 2. The molecule has 0 saturated heterocycles. The van der Waals surface area contributed by atoms with E-state index in [1.165, 1.54) is 40.2 Å². The van der Waals surface area contributed by atoms with Crippen molar-refractivity contribution in [2.24, 2.45) is 0 Å². The van der Waals surface area contributed by atoms with E-state index in [2.05, 4.69) is 0 Å². The fraction of sp³-hybridized carbons (Fsp3) is 0.353. The van der Waals surface area contributed by atoms with Crippen molar-refractivity contribution in [2.75, 3.05) is 21.0 Å². The molecule has 12 nitrogen and oxygen atoms in total. The molecule has 0 amide bonds. The second kappa shape index (κ2) is 10.7. The Morgan fingerprint density at radius 2 is 1.26 bits per heavy atom. The lowest BCUT2D eigenvalue weighted by Gasteiger charge is -2.29. The zero-order valence-corrected chi connectivity index (χ0v) is 26.3. The van der Waals surface area contributed by atoms with Crippen LogP contribution in [-0.4, -0.2) is 54.9 Å². The van der Waals surface area contributed by atoms with E-state index in [0.717, 1.165) is 0 Å². The Labute approximate surface area is 261 Å². The fourth-order valence-electron chi connectivity index (χ4n) is 6.98. The van der Waals surface area contributed by atoms with E-state index >= 15 is 0 Å². The summed E-state index contributed by atoms with van der Waals surface area (Å²) in [4.78, 5) is 51.6. The Bertz CT molecular complexity index is 2220. The van der Waals surface area contributed by atoms with Gasteiger partial charge in [-0.3, -0.25) is 19.2 Å². The number of rotatable bonds is 8. The van der Waals surface area contributed by atoms with Crippen molar-refractivity contribution in [3.63, 3.8) is 0 Å². The molecule has 1 atom stereocenters. The molecule has 12 heteroatoms. The monoisotopic (exact) mass is 632 g/mol. The van der Waals surface area contributed by atoms with Gasteiger partial charge in [0.25, 0.3) is 0 Å². The number of hydrogen-bond donors (Lipinski definition) is 2. The third kappa shape index (κ3) is 4.50. The van der Waals surface area contributed by atoms with Gasteiger partial charge in [0.15, 0.2) is 33.9 Å².